The van der Waals surface area contributed by atoms with Gasteiger partial charge in [-0.3, -0.25) is 0 Å². The van der Waals surface area contributed by atoms with Crippen LogP contribution in [0.5, 0.6) is 0 Å². The zero-order valence-electron chi connectivity index (χ0n) is 10.3. The van der Waals surface area contributed by atoms with Crippen LogP contribution in [0.4, 0.5) is 5.69 Å². The average molecular weight is 286 g/mol. The maximum atomic E-state index is 9.13. The van der Waals surface area contributed by atoms with Gasteiger partial charge in [0.2, 0.25) is 0 Å². The summed E-state index contributed by atoms with van der Waals surface area (Å²) in [5.74, 6) is 0.0173. The van der Waals surface area contributed by atoms with Gasteiger partial charge in [0.05, 0.1) is 30.0 Å². The zero-order valence-corrected chi connectivity index (χ0v) is 11.0. The molecule has 104 valence electrons. The van der Waals surface area contributed by atoms with E-state index in [0.29, 0.717) is 30.3 Å². The fourth-order valence-electron chi connectivity index (χ4n) is 2.03. The maximum absolute atomic E-state index is 9.13. The van der Waals surface area contributed by atoms with Crippen LogP contribution in [-0.4, -0.2) is 48.6 Å². The molecule has 1 aromatic carbocycles. The van der Waals surface area contributed by atoms with Crippen molar-refractivity contribution < 1.29 is 15.1 Å². The van der Waals surface area contributed by atoms with E-state index in [1.54, 1.807) is 12.1 Å². The van der Waals surface area contributed by atoms with Gasteiger partial charge in [-0.15, -0.1) is 0 Å². The molecular formula is C12H16ClN3O3. The lowest BCUT2D eigenvalue weighted by Crippen LogP contribution is -2.44. The molecule has 2 rings (SSSR count). The van der Waals surface area contributed by atoms with Crippen molar-refractivity contribution in [2.24, 2.45) is 10.9 Å². The molecule has 0 bridgehead atoms. The molecule has 0 aromatic heterocycles. The number of hydrogen-bond acceptors (Lipinski definition) is 5. The number of morpholine rings is 1. The van der Waals surface area contributed by atoms with E-state index in [1.165, 1.54) is 0 Å². The van der Waals surface area contributed by atoms with Gasteiger partial charge in [-0.25, -0.2) is 0 Å². The number of aliphatic hydroxyl groups excluding tert-OH is 1. The summed E-state index contributed by atoms with van der Waals surface area (Å²) in [5, 5.41) is 21.2. The van der Waals surface area contributed by atoms with Crippen molar-refractivity contribution in [2.75, 3.05) is 31.2 Å². The Balaban J connectivity index is 2.21. The molecule has 1 aliphatic heterocycles. The van der Waals surface area contributed by atoms with Gasteiger partial charge in [0.25, 0.3) is 0 Å². The number of ether oxygens (including phenoxy) is 1. The molecule has 0 spiro atoms. The Hall–Kier alpha value is -1.50. The topological polar surface area (TPSA) is 91.3 Å². The monoisotopic (exact) mass is 285 g/mol. The third-order valence-electron chi connectivity index (χ3n) is 3.03. The van der Waals surface area contributed by atoms with Crippen LogP contribution in [0.2, 0.25) is 5.02 Å². The van der Waals surface area contributed by atoms with Crippen LogP contribution in [0.1, 0.15) is 5.56 Å². The number of hydrogen-bond donors (Lipinski definition) is 3. The first kappa shape index (κ1) is 13.9. The second-order valence-corrected chi connectivity index (χ2v) is 4.68. The average Bonchev–Trinajstić information content (AvgIpc) is 2.46. The number of oxime groups is 1. The predicted molar refractivity (Wildman–Crippen MR) is 73.0 cm³/mol. The number of benzene rings is 1. The minimum atomic E-state index is -0.200. The van der Waals surface area contributed by atoms with E-state index in [4.69, 9.17) is 32.4 Å². The van der Waals surface area contributed by atoms with Crippen molar-refractivity contribution in [3.8, 4) is 0 Å². The van der Waals surface area contributed by atoms with Crippen molar-refractivity contribution >= 4 is 23.1 Å². The Bertz CT molecular complexity index is 481. The number of aliphatic hydroxyl groups is 1. The van der Waals surface area contributed by atoms with Crippen molar-refractivity contribution in [3.05, 3.63) is 28.8 Å². The quantitative estimate of drug-likeness (QED) is 0.328. The molecule has 19 heavy (non-hydrogen) atoms. The molecule has 1 saturated heterocycles. The van der Waals surface area contributed by atoms with Crippen molar-refractivity contribution in [3.63, 3.8) is 0 Å². The van der Waals surface area contributed by atoms with Crippen molar-refractivity contribution in [1.82, 2.24) is 0 Å². The van der Waals surface area contributed by atoms with Crippen LogP contribution < -0.4 is 10.6 Å². The molecule has 7 heteroatoms. The number of rotatable bonds is 3. The third-order valence-corrected chi connectivity index (χ3v) is 3.34. The minimum Gasteiger partial charge on any atom is -0.409 e. The summed E-state index contributed by atoms with van der Waals surface area (Å²) in [7, 11) is 0. The van der Waals surface area contributed by atoms with Crippen LogP contribution in [-0.2, 0) is 4.74 Å². The molecule has 1 atom stereocenters. The van der Waals surface area contributed by atoms with Gasteiger partial charge in [-0.2, -0.15) is 0 Å². The lowest BCUT2D eigenvalue weighted by Gasteiger charge is -2.34. The first-order valence-corrected chi connectivity index (χ1v) is 6.28. The lowest BCUT2D eigenvalue weighted by atomic mass is 10.1. The second-order valence-electron chi connectivity index (χ2n) is 4.27. The SMILES string of the molecule is N/C(=N/O)c1ccc(N2CCOC(CO)C2)c(Cl)c1. The van der Waals surface area contributed by atoms with E-state index in [2.05, 4.69) is 5.16 Å². The predicted octanol–water partition coefficient (Wildman–Crippen LogP) is 0.632. The number of anilines is 1. The molecule has 1 aliphatic rings. The van der Waals surface area contributed by atoms with Gasteiger partial charge < -0.3 is 25.7 Å². The highest BCUT2D eigenvalue weighted by Gasteiger charge is 2.21. The normalized spacial score (nSPS) is 20.6. The number of amidine groups is 1. The van der Waals surface area contributed by atoms with Crippen molar-refractivity contribution in [2.45, 2.75) is 6.10 Å². The molecule has 0 radical (unpaired) electrons. The fraction of sp³-hybridized carbons (Fsp3) is 0.417. The maximum Gasteiger partial charge on any atom is 0.170 e. The summed E-state index contributed by atoms with van der Waals surface area (Å²) >= 11 is 6.22. The van der Waals surface area contributed by atoms with Gasteiger partial charge in [-0.05, 0) is 18.2 Å². The smallest absolute Gasteiger partial charge is 0.170 e. The largest absolute Gasteiger partial charge is 0.409 e. The Morgan fingerprint density at radius 1 is 1.58 bits per heavy atom. The van der Waals surface area contributed by atoms with E-state index < -0.39 is 0 Å². The zero-order chi connectivity index (χ0) is 13.8. The first-order chi connectivity index (χ1) is 9.15. The molecule has 1 unspecified atom stereocenters. The summed E-state index contributed by atoms with van der Waals surface area (Å²) in [6, 6.07) is 5.20. The van der Waals surface area contributed by atoms with Crippen LogP contribution in [0.25, 0.3) is 0 Å². The second kappa shape index (κ2) is 6.10. The standard InChI is InChI=1S/C12H16ClN3O3/c13-10-5-8(12(14)15-18)1-2-11(10)16-3-4-19-9(6-16)7-17/h1-2,5,9,17-18H,3-4,6-7H2,(H2,14,15). The molecule has 0 aliphatic carbocycles. The highest BCUT2D eigenvalue weighted by Crippen LogP contribution is 2.28. The summed E-state index contributed by atoms with van der Waals surface area (Å²) in [6.07, 6.45) is -0.200. The molecule has 1 aromatic rings. The number of halogens is 1. The van der Waals surface area contributed by atoms with E-state index in [9.17, 15) is 0 Å². The summed E-state index contributed by atoms with van der Waals surface area (Å²) in [4.78, 5) is 2.04. The third kappa shape index (κ3) is 3.09. The fourth-order valence-corrected chi connectivity index (χ4v) is 2.33. The first-order valence-electron chi connectivity index (χ1n) is 5.90. The van der Waals surface area contributed by atoms with E-state index in [1.807, 2.05) is 11.0 Å². The van der Waals surface area contributed by atoms with E-state index >= 15 is 0 Å². The van der Waals surface area contributed by atoms with Crippen molar-refractivity contribution in [1.29, 1.82) is 0 Å². The van der Waals surface area contributed by atoms with Gasteiger partial charge in [0.15, 0.2) is 5.84 Å². The van der Waals surface area contributed by atoms with Gasteiger partial charge >= 0.3 is 0 Å². The van der Waals surface area contributed by atoms with Gasteiger partial charge in [0, 0.05) is 18.7 Å². The molecule has 1 fully saturated rings. The summed E-state index contributed by atoms with van der Waals surface area (Å²) in [6.45, 7) is 1.82. The number of nitrogens with two attached hydrogens (primary N) is 1. The number of nitrogens with zero attached hydrogens (tertiary/aromatic N) is 2. The van der Waals surface area contributed by atoms with Crippen LogP contribution >= 0.6 is 11.6 Å². The summed E-state index contributed by atoms with van der Waals surface area (Å²) in [5.41, 5.74) is 6.91. The molecular weight excluding hydrogens is 270 g/mol. The van der Waals surface area contributed by atoms with Crippen LogP contribution in [0.3, 0.4) is 0 Å². The van der Waals surface area contributed by atoms with Crippen LogP contribution in [0.15, 0.2) is 23.4 Å². The Morgan fingerprint density at radius 3 is 3.00 bits per heavy atom. The van der Waals surface area contributed by atoms with Crippen LogP contribution in [0, 0.1) is 0 Å². The van der Waals surface area contributed by atoms with E-state index in [-0.39, 0.29) is 18.5 Å². The molecule has 0 amide bonds. The van der Waals surface area contributed by atoms with Gasteiger partial charge in [-0.1, -0.05) is 16.8 Å². The highest BCUT2D eigenvalue weighted by atomic mass is 35.5. The minimum absolute atomic E-state index is 0.0173. The Morgan fingerprint density at radius 2 is 2.37 bits per heavy atom. The highest BCUT2D eigenvalue weighted by molar-refractivity contribution is 6.33. The molecule has 1 heterocycles. The Kier molecular flexibility index (Phi) is 4.47. The van der Waals surface area contributed by atoms with Gasteiger partial charge in [0.1, 0.15) is 0 Å². The molecule has 0 saturated carbocycles. The lowest BCUT2D eigenvalue weighted by molar-refractivity contribution is 0.00357. The summed E-state index contributed by atoms with van der Waals surface area (Å²) < 4.78 is 5.39. The molecule has 6 nitrogen and oxygen atoms in total. The molecule has 4 N–H and O–H groups in total. The van der Waals surface area contributed by atoms with E-state index in [0.717, 1.165) is 5.69 Å². The Labute approximate surface area is 116 Å².